The molecule has 2 N–H and O–H groups in total. The third kappa shape index (κ3) is 3.84. The average molecular weight is 347 g/mol. The van der Waals surface area contributed by atoms with E-state index in [0.717, 1.165) is 56.0 Å². The van der Waals surface area contributed by atoms with Crippen molar-refractivity contribution in [2.45, 2.75) is 32.2 Å². The zero-order chi connectivity index (χ0) is 17.8. The summed E-state index contributed by atoms with van der Waals surface area (Å²) in [7, 11) is 3.29. The van der Waals surface area contributed by atoms with Crippen molar-refractivity contribution in [3.63, 3.8) is 0 Å². The molecule has 2 aliphatic rings. The van der Waals surface area contributed by atoms with Gasteiger partial charge in [0.25, 0.3) is 0 Å². The molecule has 1 aromatic rings. The molecule has 1 aromatic carbocycles. The third-order valence-electron chi connectivity index (χ3n) is 5.35. The van der Waals surface area contributed by atoms with Gasteiger partial charge in [0.15, 0.2) is 11.5 Å². The number of urea groups is 1. The molecule has 2 aliphatic heterocycles. The summed E-state index contributed by atoms with van der Waals surface area (Å²) in [5.74, 6) is 2.02. The molecule has 1 atom stereocenters. The Labute approximate surface area is 149 Å². The molecule has 6 nitrogen and oxygen atoms in total. The van der Waals surface area contributed by atoms with Crippen LogP contribution in [0, 0.1) is 5.92 Å². The third-order valence-corrected chi connectivity index (χ3v) is 5.35. The number of methoxy groups -OCH3 is 2. The molecule has 0 radical (unpaired) electrons. The molecule has 138 valence electrons. The van der Waals surface area contributed by atoms with Gasteiger partial charge in [0, 0.05) is 26.2 Å². The standard InChI is InChI=1S/C19H29N3O3/c1-24-17-10-15-6-9-22(13-16(15)11-18(17)25-2)19(23)21-8-3-4-14(12-21)5-7-20/h10-11,14H,3-9,12-13,20H2,1-2H3. The Morgan fingerprint density at radius 2 is 1.88 bits per heavy atom. The van der Waals surface area contributed by atoms with E-state index in [-0.39, 0.29) is 6.03 Å². The molecule has 2 heterocycles. The predicted octanol–water partition coefficient (Wildman–Crippen LogP) is 2.24. The van der Waals surface area contributed by atoms with Crippen LogP contribution < -0.4 is 15.2 Å². The van der Waals surface area contributed by atoms with Gasteiger partial charge in [-0.25, -0.2) is 4.79 Å². The minimum absolute atomic E-state index is 0.155. The number of ether oxygens (including phenoxy) is 2. The summed E-state index contributed by atoms with van der Waals surface area (Å²) in [6, 6.07) is 4.19. The quantitative estimate of drug-likeness (QED) is 0.907. The maximum atomic E-state index is 13.0. The summed E-state index contributed by atoms with van der Waals surface area (Å²) in [6.07, 6.45) is 4.11. The SMILES string of the molecule is COc1cc2c(cc1OC)CN(C(=O)N1CCCC(CCN)C1)CC2. The highest BCUT2D eigenvalue weighted by Crippen LogP contribution is 2.33. The monoisotopic (exact) mass is 347 g/mol. The second-order valence-corrected chi connectivity index (χ2v) is 6.96. The van der Waals surface area contributed by atoms with Gasteiger partial charge in [-0.3, -0.25) is 0 Å². The maximum absolute atomic E-state index is 13.0. The fourth-order valence-corrected chi connectivity index (χ4v) is 3.96. The fourth-order valence-electron chi connectivity index (χ4n) is 3.96. The Hall–Kier alpha value is -1.95. The molecule has 3 rings (SSSR count). The van der Waals surface area contributed by atoms with E-state index in [2.05, 4.69) is 0 Å². The smallest absolute Gasteiger partial charge is 0.320 e. The molecule has 0 spiro atoms. The highest BCUT2D eigenvalue weighted by molar-refractivity contribution is 5.75. The zero-order valence-electron chi connectivity index (χ0n) is 15.3. The van der Waals surface area contributed by atoms with Gasteiger partial charge in [-0.1, -0.05) is 0 Å². The van der Waals surface area contributed by atoms with E-state index in [1.165, 1.54) is 12.0 Å². The van der Waals surface area contributed by atoms with Crippen LogP contribution in [0.2, 0.25) is 0 Å². The minimum atomic E-state index is 0.155. The van der Waals surface area contributed by atoms with Gasteiger partial charge in [0.1, 0.15) is 0 Å². The number of nitrogens with two attached hydrogens (primary N) is 1. The van der Waals surface area contributed by atoms with Crippen LogP contribution in [0.25, 0.3) is 0 Å². The van der Waals surface area contributed by atoms with Crippen LogP contribution in [-0.4, -0.2) is 56.2 Å². The van der Waals surface area contributed by atoms with Gasteiger partial charge in [0.2, 0.25) is 0 Å². The summed E-state index contributed by atoms with van der Waals surface area (Å²) in [5.41, 5.74) is 8.08. The lowest BCUT2D eigenvalue weighted by atomic mass is 9.95. The van der Waals surface area contributed by atoms with Crippen LogP contribution in [-0.2, 0) is 13.0 Å². The van der Waals surface area contributed by atoms with Crippen molar-refractivity contribution in [1.29, 1.82) is 0 Å². The van der Waals surface area contributed by atoms with Gasteiger partial charge >= 0.3 is 6.03 Å². The first kappa shape index (κ1) is 17.9. The average Bonchev–Trinajstić information content (AvgIpc) is 2.66. The second kappa shape index (κ2) is 7.95. The summed E-state index contributed by atoms with van der Waals surface area (Å²) >= 11 is 0. The molecule has 1 fully saturated rings. The number of rotatable bonds is 4. The first-order valence-corrected chi connectivity index (χ1v) is 9.14. The number of fused-ring (bicyclic) bond motifs is 1. The number of carbonyl (C=O) groups is 1. The van der Waals surface area contributed by atoms with Crippen molar-refractivity contribution in [2.24, 2.45) is 11.7 Å². The number of likely N-dealkylation sites (tertiary alicyclic amines) is 1. The second-order valence-electron chi connectivity index (χ2n) is 6.96. The van der Waals surface area contributed by atoms with E-state index < -0.39 is 0 Å². The maximum Gasteiger partial charge on any atom is 0.320 e. The molecule has 6 heteroatoms. The van der Waals surface area contributed by atoms with Gasteiger partial charge in [-0.2, -0.15) is 0 Å². The molecule has 1 unspecified atom stereocenters. The molecule has 0 saturated carbocycles. The van der Waals surface area contributed by atoms with Crippen molar-refractivity contribution in [3.8, 4) is 11.5 Å². The normalized spacial score (nSPS) is 20.2. The minimum Gasteiger partial charge on any atom is -0.493 e. The van der Waals surface area contributed by atoms with Gasteiger partial charge in [0.05, 0.1) is 14.2 Å². The number of piperidine rings is 1. The van der Waals surface area contributed by atoms with E-state index in [0.29, 0.717) is 19.0 Å². The van der Waals surface area contributed by atoms with E-state index in [9.17, 15) is 4.79 Å². The summed E-state index contributed by atoms with van der Waals surface area (Å²) in [5, 5.41) is 0. The Balaban J connectivity index is 1.70. The highest BCUT2D eigenvalue weighted by atomic mass is 16.5. The molecule has 0 bridgehead atoms. The number of amides is 2. The predicted molar refractivity (Wildman–Crippen MR) is 97.0 cm³/mol. The lowest BCUT2D eigenvalue weighted by molar-refractivity contribution is 0.122. The largest absolute Gasteiger partial charge is 0.493 e. The van der Waals surface area contributed by atoms with Crippen molar-refractivity contribution in [3.05, 3.63) is 23.3 Å². The van der Waals surface area contributed by atoms with E-state index in [1.54, 1.807) is 14.2 Å². The zero-order valence-corrected chi connectivity index (χ0v) is 15.3. The van der Waals surface area contributed by atoms with Gasteiger partial charge in [-0.15, -0.1) is 0 Å². The van der Waals surface area contributed by atoms with Gasteiger partial charge in [-0.05, 0) is 61.4 Å². The number of benzene rings is 1. The molecule has 2 amide bonds. The van der Waals surface area contributed by atoms with Crippen LogP contribution in [0.4, 0.5) is 4.79 Å². The van der Waals surface area contributed by atoms with Crippen molar-refractivity contribution in [1.82, 2.24) is 9.80 Å². The van der Waals surface area contributed by atoms with E-state index in [1.807, 2.05) is 21.9 Å². The van der Waals surface area contributed by atoms with Crippen molar-refractivity contribution in [2.75, 3.05) is 40.4 Å². The first-order valence-electron chi connectivity index (χ1n) is 9.14. The lowest BCUT2D eigenvalue weighted by Gasteiger charge is -2.38. The molecule has 0 aromatic heterocycles. The van der Waals surface area contributed by atoms with Crippen LogP contribution in [0.1, 0.15) is 30.4 Å². The van der Waals surface area contributed by atoms with Crippen molar-refractivity contribution < 1.29 is 14.3 Å². The fraction of sp³-hybridized carbons (Fsp3) is 0.632. The van der Waals surface area contributed by atoms with E-state index in [4.69, 9.17) is 15.2 Å². The Kier molecular flexibility index (Phi) is 5.68. The van der Waals surface area contributed by atoms with Crippen LogP contribution in [0.15, 0.2) is 12.1 Å². The van der Waals surface area contributed by atoms with Crippen LogP contribution in [0.3, 0.4) is 0 Å². The molecular weight excluding hydrogens is 318 g/mol. The van der Waals surface area contributed by atoms with Crippen molar-refractivity contribution >= 4 is 6.03 Å². The summed E-state index contributed by atoms with van der Waals surface area (Å²) < 4.78 is 10.8. The molecule has 0 aliphatic carbocycles. The van der Waals surface area contributed by atoms with Crippen LogP contribution in [0.5, 0.6) is 11.5 Å². The topological polar surface area (TPSA) is 68.0 Å². The van der Waals surface area contributed by atoms with Crippen LogP contribution >= 0.6 is 0 Å². The first-order chi connectivity index (χ1) is 12.2. The van der Waals surface area contributed by atoms with Gasteiger partial charge < -0.3 is 25.0 Å². The molecular formula is C19H29N3O3. The Bertz CT molecular complexity index is 618. The Morgan fingerprint density at radius 3 is 2.56 bits per heavy atom. The number of nitrogens with zero attached hydrogens (tertiary/aromatic N) is 2. The molecule has 25 heavy (non-hydrogen) atoms. The highest BCUT2D eigenvalue weighted by Gasteiger charge is 2.29. The molecule has 1 saturated heterocycles. The number of hydrogen-bond acceptors (Lipinski definition) is 4. The summed E-state index contributed by atoms with van der Waals surface area (Å²) in [6.45, 7) is 3.78. The summed E-state index contributed by atoms with van der Waals surface area (Å²) in [4.78, 5) is 16.9. The lowest BCUT2D eigenvalue weighted by Crippen LogP contribution is -2.49. The number of hydrogen-bond donors (Lipinski definition) is 1. The number of carbonyl (C=O) groups excluding carboxylic acids is 1. The Morgan fingerprint density at radius 1 is 1.16 bits per heavy atom. The van der Waals surface area contributed by atoms with E-state index >= 15 is 0 Å².